The Morgan fingerprint density at radius 3 is 2.74 bits per heavy atom. The van der Waals surface area contributed by atoms with Gasteiger partial charge in [0.2, 0.25) is 0 Å². The Labute approximate surface area is 121 Å². The lowest BCUT2D eigenvalue weighted by Crippen LogP contribution is -2.31. The van der Waals surface area contributed by atoms with E-state index in [0.717, 1.165) is 24.0 Å². The zero-order valence-electron chi connectivity index (χ0n) is 12.2. The van der Waals surface area contributed by atoms with Crippen molar-refractivity contribution in [1.29, 1.82) is 0 Å². The third kappa shape index (κ3) is 5.53. The fourth-order valence-electron chi connectivity index (χ4n) is 2.74. The van der Waals surface area contributed by atoms with Gasteiger partial charge >= 0.3 is 0 Å². The molecule has 0 amide bonds. The summed E-state index contributed by atoms with van der Waals surface area (Å²) in [5, 5.41) is 4.87. The number of nitrogens with one attached hydrogen (secondary N) is 1. The third-order valence-electron chi connectivity index (χ3n) is 3.68. The lowest BCUT2D eigenvalue weighted by Gasteiger charge is -2.22. The Kier molecular flexibility index (Phi) is 6.18. The molecule has 0 radical (unpaired) electrons. The van der Waals surface area contributed by atoms with Gasteiger partial charge in [-0.15, -0.1) is 11.8 Å². The summed E-state index contributed by atoms with van der Waals surface area (Å²) in [6, 6.07) is 5.11. The van der Waals surface area contributed by atoms with Crippen molar-refractivity contribution in [2.24, 2.45) is 0 Å². The molecule has 0 bridgehead atoms. The second-order valence-corrected chi connectivity index (χ2v) is 6.73. The number of thioether (sulfide) groups is 1. The smallest absolute Gasteiger partial charge is 0.0965 e. The van der Waals surface area contributed by atoms with E-state index in [2.05, 4.69) is 36.3 Å². The number of rotatable bonds is 6. The van der Waals surface area contributed by atoms with E-state index in [1.54, 1.807) is 0 Å². The molecular formula is C16H26N2S. The van der Waals surface area contributed by atoms with E-state index in [1.807, 2.05) is 11.8 Å². The first-order valence-corrected chi connectivity index (χ1v) is 8.54. The Morgan fingerprint density at radius 2 is 2.00 bits per heavy atom. The van der Waals surface area contributed by atoms with E-state index in [0.29, 0.717) is 0 Å². The van der Waals surface area contributed by atoms with Crippen LogP contribution in [0.1, 0.15) is 49.8 Å². The maximum absolute atomic E-state index is 4.56. The molecule has 1 fully saturated rings. The molecule has 0 unspecified atom stereocenters. The van der Waals surface area contributed by atoms with Crippen molar-refractivity contribution in [3.8, 4) is 0 Å². The number of aromatic nitrogens is 1. The highest BCUT2D eigenvalue weighted by molar-refractivity contribution is 7.99. The lowest BCUT2D eigenvalue weighted by molar-refractivity contribution is 0.375. The average molecular weight is 278 g/mol. The topological polar surface area (TPSA) is 24.9 Å². The van der Waals surface area contributed by atoms with E-state index in [-0.39, 0.29) is 0 Å². The van der Waals surface area contributed by atoms with Crippen LogP contribution in [0, 0.1) is 13.8 Å². The summed E-state index contributed by atoms with van der Waals surface area (Å²) in [6.07, 6.45) is 8.26. The van der Waals surface area contributed by atoms with Gasteiger partial charge in [-0.05, 0) is 57.4 Å². The van der Waals surface area contributed by atoms with E-state index < -0.39 is 0 Å². The fourth-order valence-corrected chi connectivity index (χ4v) is 3.72. The fraction of sp³-hybridized carbons (Fsp3) is 0.688. The van der Waals surface area contributed by atoms with Gasteiger partial charge < -0.3 is 5.32 Å². The maximum atomic E-state index is 4.56. The van der Waals surface area contributed by atoms with Gasteiger partial charge in [0.05, 0.1) is 5.03 Å². The summed E-state index contributed by atoms with van der Waals surface area (Å²) < 4.78 is 0. The normalized spacial score (nSPS) is 16.7. The molecule has 3 heteroatoms. The molecule has 1 saturated carbocycles. The van der Waals surface area contributed by atoms with Crippen LogP contribution in [0.3, 0.4) is 0 Å². The second kappa shape index (κ2) is 7.91. The van der Waals surface area contributed by atoms with Gasteiger partial charge in [0.15, 0.2) is 0 Å². The first-order chi connectivity index (χ1) is 9.24. The standard InChI is InChI=1S/C16H26N2S/c1-13-11-14(2)18-16(12-13)19-10-6-9-17-15-7-4-3-5-8-15/h11-12,15,17H,3-10H2,1-2H3. The molecule has 0 atom stereocenters. The number of aryl methyl sites for hydroxylation is 2. The minimum atomic E-state index is 0.790. The molecule has 19 heavy (non-hydrogen) atoms. The molecule has 1 N–H and O–H groups in total. The van der Waals surface area contributed by atoms with Crippen LogP contribution in [0.25, 0.3) is 0 Å². The second-order valence-electron chi connectivity index (χ2n) is 5.62. The average Bonchev–Trinajstić information content (AvgIpc) is 2.38. The molecular weight excluding hydrogens is 252 g/mol. The first-order valence-electron chi connectivity index (χ1n) is 7.55. The minimum Gasteiger partial charge on any atom is -0.314 e. The summed E-state index contributed by atoms with van der Waals surface area (Å²) >= 11 is 1.88. The minimum absolute atomic E-state index is 0.790. The predicted molar refractivity (Wildman–Crippen MR) is 83.9 cm³/mol. The van der Waals surface area contributed by atoms with Crippen molar-refractivity contribution in [3.05, 3.63) is 23.4 Å². The van der Waals surface area contributed by atoms with Crippen molar-refractivity contribution in [3.63, 3.8) is 0 Å². The Balaban J connectivity index is 1.60. The van der Waals surface area contributed by atoms with Crippen LogP contribution in [0.4, 0.5) is 0 Å². The molecule has 0 aliphatic heterocycles. The molecule has 2 rings (SSSR count). The zero-order chi connectivity index (χ0) is 13.5. The largest absolute Gasteiger partial charge is 0.314 e. The SMILES string of the molecule is Cc1cc(C)nc(SCCCNC2CCCCC2)c1. The monoisotopic (exact) mass is 278 g/mol. The molecule has 1 aliphatic rings. The number of nitrogens with zero attached hydrogens (tertiary/aromatic N) is 1. The van der Waals surface area contributed by atoms with Crippen LogP contribution >= 0.6 is 11.8 Å². The highest BCUT2D eigenvalue weighted by Crippen LogP contribution is 2.19. The molecule has 2 nitrogen and oxygen atoms in total. The lowest BCUT2D eigenvalue weighted by atomic mass is 9.95. The highest BCUT2D eigenvalue weighted by atomic mass is 32.2. The van der Waals surface area contributed by atoms with Gasteiger partial charge in [-0.25, -0.2) is 4.98 Å². The molecule has 1 aliphatic carbocycles. The molecule has 1 aromatic heterocycles. The summed E-state index contributed by atoms with van der Waals surface area (Å²) in [5.74, 6) is 1.16. The highest BCUT2D eigenvalue weighted by Gasteiger charge is 2.11. The van der Waals surface area contributed by atoms with Crippen molar-refractivity contribution in [2.45, 2.75) is 63.4 Å². The molecule has 1 aromatic rings. The van der Waals surface area contributed by atoms with Crippen LogP contribution < -0.4 is 5.32 Å². The van der Waals surface area contributed by atoms with Gasteiger partial charge in [0.1, 0.15) is 0 Å². The van der Waals surface area contributed by atoms with Crippen molar-refractivity contribution < 1.29 is 0 Å². The van der Waals surface area contributed by atoms with Crippen molar-refractivity contribution in [1.82, 2.24) is 10.3 Å². The quantitative estimate of drug-likeness (QED) is 0.626. The summed E-state index contributed by atoms with van der Waals surface area (Å²) in [6.45, 7) is 5.37. The van der Waals surface area contributed by atoms with Gasteiger partial charge in [-0.1, -0.05) is 19.3 Å². The number of pyridine rings is 1. The summed E-state index contributed by atoms with van der Waals surface area (Å²) in [5.41, 5.74) is 2.44. The predicted octanol–water partition coefficient (Wildman–Crippen LogP) is 4.10. The molecule has 0 aromatic carbocycles. The Bertz CT molecular complexity index is 366. The van der Waals surface area contributed by atoms with Crippen LogP contribution in [-0.4, -0.2) is 23.3 Å². The third-order valence-corrected chi connectivity index (χ3v) is 4.68. The van der Waals surface area contributed by atoms with Gasteiger partial charge in [-0.2, -0.15) is 0 Å². The van der Waals surface area contributed by atoms with Crippen LogP contribution in [0.15, 0.2) is 17.2 Å². The van der Waals surface area contributed by atoms with E-state index in [9.17, 15) is 0 Å². The van der Waals surface area contributed by atoms with Crippen molar-refractivity contribution >= 4 is 11.8 Å². The van der Waals surface area contributed by atoms with E-state index in [1.165, 1.54) is 49.1 Å². The van der Waals surface area contributed by atoms with Crippen molar-refractivity contribution in [2.75, 3.05) is 12.3 Å². The van der Waals surface area contributed by atoms with E-state index >= 15 is 0 Å². The van der Waals surface area contributed by atoms with E-state index in [4.69, 9.17) is 0 Å². The Hall–Kier alpha value is -0.540. The van der Waals surface area contributed by atoms with Crippen LogP contribution in [-0.2, 0) is 0 Å². The number of hydrogen-bond acceptors (Lipinski definition) is 3. The van der Waals surface area contributed by atoms with Gasteiger partial charge in [-0.3, -0.25) is 0 Å². The summed E-state index contributed by atoms with van der Waals surface area (Å²) in [7, 11) is 0. The molecule has 1 heterocycles. The molecule has 0 saturated heterocycles. The number of hydrogen-bond donors (Lipinski definition) is 1. The van der Waals surface area contributed by atoms with Crippen LogP contribution in [0.5, 0.6) is 0 Å². The molecule has 106 valence electrons. The zero-order valence-corrected chi connectivity index (χ0v) is 13.1. The summed E-state index contributed by atoms with van der Waals surface area (Å²) in [4.78, 5) is 4.56. The van der Waals surface area contributed by atoms with Gasteiger partial charge in [0.25, 0.3) is 0 Å². The molecule has 0 spiro atoms. The van der Waals surface area contributed by atoms with Gasteiger partial charge in [0, 0.05) is 17.5 Å². The first kappa shape index (κ1) is 14.9. The Morgan fingerprint density at radius 1 is 1.21 bits per heavy atom. The van der Waals surface area contributed by atoms with Crippen LogP contribution in [0.2, 0.25) is 0 Å². The maximum Gasteiger partial charge on any atom is 0.0965 e.